The maximum absolute atomic E-state index is 12.1. The molecule has 1 aliphatic rings. The van der Waals surface area contributed by atoms with E-state index in [1.54, 1.807) is 4.90 Å². The first-order chi connectivity index (χ1) is 9.96. The molecule has 22 heavy (non-hydrogen) atoms. The number of carbonyl (C=O) groups excluding carboxylic acids is 1. The van der Waals surface area contributed by atoms with Crippen molar-refractivity contribution in [2.75, 3.05) is 31.7 Å². The molecule has 0 aromatic heterocycles. The van der Waals surface area contributed by atoms with Gasteiger partial charge in [0.15, 0.2) is 0 Å². The fourth-order valence-corrected chi connectivity index (χ4v) is 3.09. The summed E-state index contributed by atoms with van der Waals surface area (Å²) in [6.45, 7) is 9.05. The molecule has 0 aromatic carbocycles. The lowest BCUT2D eigenvalue weighted by molar-refractivity contribution is -0.0419. The zero-order chi connectivity index (χ0) is 17.0. The van der Waals surface area contributed by atoms with Gasteiger partial charge in [0.2, 0.25) is 0 Å². The van der Waals surface area contributed by atoms with E-state index in [1.807, 2.05) is 27.7 Å². The lowest BCUT2D eigenvalue weighted by Crippen LogP contribution is -2.40. The highest BCUT2D eigenvalue weighted by molar-refractivity contribution is 7.90. The van der Waals surface area contributed by atoms with Crippen LogP contribution in [-0.2, 0) is 19.3 Å². The zero-order valence-corrected chi connectivity index (χ0v) is 15.2. The molecule has 0 aliphatic carbocycles. The van der Waals surface area contributed by atoms with Crippen molar-refractivity contribution in [3.63, 3.8) is 0 Å². The first-order valence-electron chi connectivity index (χ1n) is 7.76. The van der Waals surface area contributed by atoms with Crippen LogP contribution in [-0.4, -0.2) is 62.3 Å². The molecule has 6 nitrogen and oxygen atoms in total. The van der Waals surface area contributed by atoms with E-state index in [9.17, 15) is 13.2 Å². The molecule has 0 spiro atoms. The van der Waals surface area contributed by atoms with Crippen LogP contribution in [0, 0.1) is 0 Å². The summed E-state index contributed by atoms with van der Waals surface area (Å²) in [4.78, 5) is 13.8. The number of sulfone groups is 1. The summed E-state index contributed by atoms with van der Waals surface area (Å²) in [5.41, 5.74) is -0.890. The van der Waals surface area contributed by atoms with Gasteiger partial charge < -0.3 is 14.4 Å². The Balaban J connectivity index is 2.50. The molecular weight excluding hydrogens is 306 g/mol. The van der Waals surface area contributed by atoms with Gasteiger partial charge in [-0.2, -0.15) is 0 Å². The van der Waals surface area contributed by atoms with Crippen LogP contribution in [0.2, 0.25) is 0 Å². The molecule has 1 atom stereocenters. The maximum Gasteiger partial charge on any atom is 0.410 e. The van der Waals surface area contributed by atoms with Gasteiger partial charge in [-0.15, -0.1) is 0 Å². The van der Waals surface area contributed by atoms with Gasteiger partial charge in [-0.1, -0.05) is 6.92 Å². The van der Waals surface area contributed by atoms with Crippen LogP contribution in [0.5, 0.6) is 0 Å². The minimum Gasteiger partial charge on any atom is -0.444 e. The Bertz CT molecular complexity index is 483. The first kappa shape index (κ1) is 19.2. The third-order valence-corrected chi connectivity index (χ3v) is 4.71. The predicted molar refractivity (Wildman–Crippen MR) is 85.7 cm³/mol. The molecule has 1 unspecified atom stereocenters. The van der Waals surface area contributed by atoms with Crippen LogP contribution in [0.1, 0.15) is 47.0 Å². The Labute approximate surface area is 134 Å². The van der Waals surface area contributed by atoms with Gasteiger partial charge >= 0.3 is 6.09 Å². The minimum atomic E-state index is -2.96. The second-order valence-corrected chi connectivity index (χ2v) is 9.28. The van der Waals surface area contributed by atoms with E-state index in [0.717, 1.165) is 12.8 Å². The lowest BCUT2D eigenvalue weighted by atomic mass is 10.00. The van der Waals surface area contributed by atoms with E-state index in [2.05, 4.69) is 0 Å². The highest BCUT2D eigenvalue weighted by Crippen LogP contribution is 2.30. The number of ether oxygens (including phenoxy) is 2. The van der Waals surface area contributed by atoms with Crippen LogP contribution in [0.4, 0.5) is 4.79 Å². The van der Waals surface area contributed by atoms with E-state index in [0.29, 0.717) is 26.1 Å². The van der Waals surface area contributed by atoms with Crippen LogP contribution in [0.3, 0.4) is 0 Å². The Kier molecular flexibility index (Phi) is 6.27. The Morgan fingerprint density at radius 1 is 1.32 bits per heavy atom. The number of hydrogen-bond donors (Lipinski definition) is 0. The van der Waals surface area contributed by atoms with Crippen molar-refractivity contribution in [3.05, 3.63) is 0 Å². The number of carbonyl (C=O) groups is 1. The summed E-state index contributed by atoms with van der Waals surface area (Å²) in [5.74, 6) is 0.128. The van der Waals surface area contributed by atoms with Crippen molar-refractivity contribution < 1.29 is 22.7 Å². The van der Waals surface area contributed by atoms with Gasteiger partial charge in [0.05, 0.1) is 17.9 Å². The smallest absolute Gasteiger partial charge is 0.410 e. The second kappa shape index (κ2) is 7.17. The van der Waals surface area contributed by atoms with Crippen molar-refractivity contribution in [1.82, 2.24) is 4.90 Å². The minimum absolute atomic E-state index is 0.128. The van der Waals surface area contributed by atoms with E-state index in [-0.39, 0.29) is 17.4 Å². The Morgan fingerprint density at radius 2 is 1.95 bits per heavy atom. The summed E-state index contributed by atoms with van der Waals surface area (Å²) >= 11 is 0. The van der Waals surface area contributed by atoms with Gasteiger partial charge in [-0.05, 0) is 40.0 Å². The van der Waals surface area contributed by atoms with Crippen LogP contribution in [0.15, 0.2) is 0 Å². The van der Waals surface area contributed by atoms with Gasteiger partial charge in [0.1, 0.15) is 15.4 Å². The molecule has 1 rings (SSSR count). The number of hydrogen-bond acceptors (Lipinski definition) is 5. The topological polar surface area (TPSA) is 72.9 Å². The van der Waals surface area contributed by atoms with Gasteiger partial charge in [-0.25, -0.2) is 13.2 Å². The molecule has 0 saturated carbocycles. The van der Waals surface area contributed by atoms with Crippen molar-refractivity contribution in [2.24, 2.45) is 0 Å². The van der Waals surface area contributed by atoms with Gasteiger partial charge in [0, 0.05) is 19.4 Å². The largest absolute Gasteiger partial charge is 0.444 e. The molecule has 130 valence electrons. The number of nitrogens with zero attached hydrogens (tertiary/aromatic N) is 1. The van der Waals surface area contributed by atoms with E-state index >= 15 is 0 Å². The average Bonchev–Trinajstić information content (AvgIpc) is 2.77. The molecule has 1 saturated heterocycles. The predicted octanol–water partition coefficient (Wildman–Crippen LogP) is 2.23. The van der Waals surface area contributed by atoms with Crippen LogP contribution in [0.25, 0.3) is 0 Å². The van der Waals surface area contributed by atoms with Gasteiger partial charge in [-0.3, -0.25) is 0 Å². The maximum atomic E-state index is 12.1. The SMILES string of the molecule is CCC1(OCCCS(C)(=O)=O)CCN(C(=O)OC(C)(C)C)C1. The molecule has 1 heterocycles. The molecule has 0 radical (unpaired) electrons. The molecular formula is C15H29NO5S. The van der Waals surface area contributed by atoms with E-state index < -0.39 is 15.4 Å². The van der Waals surface area contributed by atoms with E-state index in [1.165, 1.54) is 6.26 Å². The lowest BCUT2D eigenvalue weighted by Gasteiger charge is -2.29. The Hall–Kier alpha value is -0.820. The molecule has 7 heteroatoms. The van der Waals surface area contributed by atoms with Crippen molar-refractivity contribution >= 4 is 15.9 Å². The summed E-state index contributed by atoms with van der Waals surface area (Å²) in [5, 5.41) is 0. The highest BCUT2D eigenvalue weighted by Gasteiger charge is 2.40. The number of amides is 1. The number of rotatable bonds is 6. The quantitative estimate of drug-likeness (QED) is 0.696. The number of likely N-dealkylation sites (tertiary alicyclic amines) is 1. The van der Waals surface area contributed by atoms with Crippen molar-refractivity contribution in [3.8, 4) is 0 Å². The zero-order valence-electron chi connectivity index (χ0n) is 14.3. The summed E-state index contributed by atoms with van der Waals surface area (Å²) in [7, 11) is -2.96. The highest BCUT2D eigenvalue weighted by atomic mass is 32.2. The fourth-order valence-electron chi connectivity index (χ4n) is 2.45. The standard InChI is InChI=1S/C15H29NO5S/c1-6-15(20-10-7-11-22(5,18)19)8-9-16(12-15)13(17)21-14(2,3)4/h6-12H2,1-5H3. The molecule has 0 aromatic rings. The third kappa shape index (κ3) is 6.52. The monoisotopic (exact) mass is 335 g/mol. The molecule has 0 N–H and O–H groups in total. The first-order valence-corrected chi connectivity index (χ1v) is 9.82. The van der Waals surface area contributed by atoms with Crippen molar-refractivity contribution in [1.29, 1.82) is 0 Å². The van der Waals surface area contributed by atoms with Crippen LogP contribution < -0.4 is 0 Å². The van der Waals surface area contributed by atoms with E-state index in [4.69, 9.17) is 9.47 Å². The molecule has 1 amide bonds. The third-order valence-electron chi connectivity index (χ3n) is 3.68. The molecule has 1 fully saturated rings. The van der Waals surface area contributed by atoms with Crippen LogP contribution >= 0.6 is 0 Å². The van der Waals surface area contributed by atoms with Gasteiger partial charge in [0.25, 0.3) is 0 Å². The summed E-state index contributed by atoms with van der Waals surface area (Å²) < 4.78 is 33.6. The summed E-state index contributed by atoms with van der Waals surface area (Å²) in [6, 6.07) is 0. The average molecular weight is 335 g/mol. The fraction of sp³-hybridized carbons (Fsp3) is 0.933. The molecule has 1 aliphatic heterocycles. The van der Waals surface area contributed by atoms with Crippen molar-refractivity contribution in [2.45, 2.75) is 58.2 Å². The summed E-state index contributed by atoms with van der Waals surface area (Å²) in [6.07, 6.45) is 2.92. The second-order valence-electron chi connectivity index (χ2n) is 7.02. The molecule has 0 bridgehead atoms. The normalized spacial score (nSPS) is 22.9. The Morgan fingerprint density at radius 3 is 2.45 bits per heavy atom.